The predicted molar refractivity (Wildman–Crippen MR) is 83.7 cm³/mol. The van der Waals surface area contributed by atoms with Crippen LogP contribution in [0.25, 0.3) is 0 Å². The molecule has 27 heavy (non-hydrogen) atoms. The van der Waals surface area contributed by atoms with Gasteiger partial charge < -0.3 is 28.4 Å². The summed E-state index contributed by atoms with van der Waals surface area (Å²) >= 11 is 0. The van der Waals surface area contributed by atoms with Crippen molar-refractivity contribution in [1.82, 2.24) is 0 Å². The summed E-state index contributed by atoms with van der Waals surface area (Å²) in [5, 5.41) is 0. The number of hydrogen-bond acceptors (Lipinski definition) is 11. The van der Waals surface area contributed by atoms with Gasteiger partial charge in [0.2, 0.25) is 12.4 Å². The third-order valence-electron chi connectivity index (χ3n) is 3.23. The number of esters is 5. The first-order chi connectivity index (χ1) is 12.5. The van der Waals surface area contributed by atoms with E-state index in [2.05, 4.69) is 0 Å². The molecule has 152 valence electrons. The zero-order chi connectivity index (χ0) is 20.7. The van der Waals surface area contributed by atoms with Gasteiger partial charge in [0, 0.05) is 34.6 Å². The normalized spacial score (nSPS) is 27.1. The molecule has 0 saturated carbocycles. The quantitative estimate of drug-likeness (QED) is 0.433. The van der Waals surface area contributed by atoms with Crippen LogP contribution in [0, 0.1) is 0 Å². The fourth-order valence-electron chi connectivity index (χ4n) is 2.45. The van der Waals surface area contributed by atoms with Gasteiger partial charge in [0.15, 0.2) is 12.2 Å². The highest BCUT2D eigenvalue weighted by Crippen LogP contribution is 2.29. The van der Waals surface area contributed by atoms with E-state index in [4.69, 9.17) is 28.4 Å². The Labute approximate surface area is 155 Å². The third-order valence-corrected chi connectivity index (χ3v) is 3.23. The van der Waals surface area contributed by atoms with Crippen molar-refractivity contribution >= 4 is 29.8 Å². The summed E-state index contributed by atoms with van der Waals surface area (Å²) in [5.41, 5.74) is 0. The van der Waals surface area contributed by atoms with Crippen molar-refractivity contribution in [3.05, 3.63) is 0 Å². The van der Waals surface area contributed by atoms with Crippen LogP contribution in [0.1, 0.15) is 34.6 Å². The maximum absolute atomic E-state index is 11.5. The van der Waals surface area contributed by atoms with Crippen molar-refractivity contribution in [3.8, 4) is 0 Å². The van der Waals surface area contributed by atoms with Crippen LogP contribution in [0.2, 0.25) is 0 Å². The van der Waals surface area contributed by atoms with Gasteiger partial charge in [-0.25, -0.2) is 0 Å². The molecule has 0 unspecified atom stereocenters. The van der Waals surface area contributed by atoms with E-state index in [1.807, 2.05) is 0 Å². The lowest BCUT2D eigenvalue weighted by molar-refractivity contribution is -0.300. The lowest BCUT2D eigenvalue weighted by atomic mass is 9.98. The molecule has 0 amide bonds. The molecule has 1 aliphatic heterocycles. The Morgan fingerprint density at radius 3 is 1.52 bits per heavy atom. The molecule has 0 spiro atoms. The second-order valence-electron chi connectivity index (χ2n) is 5.68. The first kappa shape index (κ1) is 22.4. The lowest BCUT2D eigenvalue weighted by Gasteiger charge is -2.43. The van der Waals surface area contributed by atoms with Gasteiger partial charge >= 0.3 is 29.8 Å². The summed E-state index contributed by atoms with van der Waals surface area (Å²) in [7, 11) is 0. The van der Waals surface area contributed by atoms with Crippen LogP contribution in [0.3, 0.4) is 0 Å². The number of carbonyl (C=O) groups excluding carboxylic acids is 5. The summed E-state index contributed by atoms with van der Waals surface area (Å²) < 4.78 is 30.8. The average Bonchev–Trinajstić information content (AvgIpc) is 2.49. The first-order valence-electron chi connectivity index (χ1n) is 7.99. The van der Waals surface area contributed by atoms with E-state index in [1.165, 1.54) is 0 Å². The van der Waals surface area contributed by atoms with Crippen LogP contribution >= 0.6 is 0 Å². The van der Waals surface area contributed by atoms with Crippen LogP contribution in [-0.4, -0.2) is 67.2 Å². The van der Waals surface area contributed by atoms with E-state index in [0.717, 1.165) is 34.6 Å². The van der Waals surface area contributed by atoms with E-state index in [9.17, 15) is 24.0 Å². The highest BCUT2D eigenvalue weighted by molar-refractivity contribution is 5.69. The minimum absolute atomic E-state index is 0.393. The SMILES string of the molecule is CC(=O)OC[C@@H]1O[C@H](OC(C)=O)[C@@H](OC(C)=O)[C@H](OC(C)=O)[C@H]1OC(C)=O. The second kappa shape index (κ2) is 9.86. The molecule has 11 heteroatoms. The molecular weight excluding hydrogens is 368 g/mol. The minimum Gasteiger partial charge on any atom is -0.463 e. The fraction of sp³-hybridized carbons (Fsp3) is 0.688. The molecule has 0 aliphatic carbocycles. The van der Waals surface area contributed by atoms with Crippen LogP contribution in [-0.2, 0) is 52.4 Å². The van der Waals surface area contributed by atoms with E-state index in [1.54, 1.807) is 0 Å². The zero-order valence-electron chi connectivity index (χ0n) is 15.6. The largest absolute Gasteiger partial charge is 0.463 e. The van der Waals surface area contributed by atoms with Crippen molar-refractivity contribution in [2.24, 2.45) is 0 Å². The summed E-state index contributed by atoms with van der Waals surface area (Å²) in [6.07, 6.45) is -6.70. The third kappa shape index (κ3) is 7.21. The standard InChI is InChI=1S/C16H22O11/c1-7(17)22-6-12-13(23-8(2)18)14(24-9(3)19)15(25-10(4)20)16(27-12)26-11(5)21/h12-16H,6H2,1-5H3/t12-,13-,14+,15-,16-/m0/s1. The number of rotatable bonds is 6. The molecular formula is C16H22O11. The Morgan fingerprint density at radius 2 is 1.07 bits per heavy atom. The van der Waals surface area contributed by atoms with Crippen LogP contribution in [0.15, 0.2) is 0 Å². The van der Waals surface area contributed by atoms with Gasteiger partial charge in [-0.2, -0.15) is 0 Å². The van der Waals surface area contributed by atoms with Gasteiger partial charge in [-0.3, -0.25) is 24.0 Å². The topological polar surface area (TPSA) is 141 Å². The summed E-state index contributed by atoms with van der Waals surface area (Å²) in [5.74, 6) is -3.71. The predicted octanol–water partition coefficient (Wildman–Crippen LogP) is -0.367. The molecule has 1 heterocycles. The van der Waals surface area contributed by atoms with Crippen molar-refractivity contribution in [2.45, 2.75) is 65.3 Å². The molecule has 0 aromatic rings. The molecule has 11 nitrogen and oxygen atoms in total. The molecule has 0 radical (unpaired) electrons. The van der Waals surface area contributed by atoms with Gasteiger partial charge in [-0.15, -0.1) is 0 Å². The van der Waals surface area contributed by atoms with Gasteiger partial charge in [0.1, 0.15) is 12.7 Å². The summed E-state index contributed by atoms with van der Waals surface area (Å²) in [4.78, 5) is 57.0. The minimum atomic E-state index is -1.48. The molecule has 1 fully saturated rings. The first-order valence-corrected chi connectivity index (χ1v) is 7.99. The molecule has 1 saturated heterocycles. The molecule has 0 N–H and O–H groups in total. The van der Waals surface area contributed by atoms with E-state index in [0.29, 0.717) is 0 Å². The Hall–Kier alpha value is -2.69. The fourth-order valence-corrected chi connectivity index (χ4v) is 2.45. The van der Waals surface area contributed by atoms with Crippen molar-refractivity contribution < 1.29 is 52.4 Å². The second-order valence-corrected chi connectivity index (χ2v) is 5.68. The Morgan fingerprint density at radius 1 is 0.630 bits per heavy atom. The monoisotopic (exact) mass is 390 g/mol. The van der Waals surface area contributed by atoms with Crippen LogP contribution in [0.4, 0.5) is 0 Å². The highest BCUT2D eigenvalue weighted by atomic mass is 16.7. The Kier molecular flexibility index (Phi) is 8.16. The molecule has 0 aromatic carbocycles. The Balaban J connectivity index is 3.29. The maximum atomic E-state index is 11.5. The Bertz CT molecular complexity index is 599. The highest BCUT2D eigenvalue weighted by Gasteiger charge is 2.53. The van der Waals surface area contributed by atoms with E-state index in [-0.39, 0.29) is 0 Å². The van der Waals surface area contributed by atoms with Crippen molar-refractivity contribution in [2.75, 3.05) is 6.61 Å². The smallest absolute Gasteiger partial charge is 0.305 e. The number of carbonyl (C=O) groups is 5. The molecule has 0 aromatic heterocycles. The zero-order valence-corrected chi connectivity index (χ0v) is 15.6. The van der Waals surface area contributed by atoms with E-state index >= 15 is 0 Å². The maximum Gasteiger partial charge on any atom is 0.305 e. The number of hydrogen-bond donors (Lipinski definition) is 0. The molecule has 5 atom stereocenters. The molecule has 1 aliphatic rings. The van der Waals surface area contributed by atoms with Gasteiger partial charge in [0.05, 0.1) is 0 Å². The van der Waals surface area contributed by atoms with Gasteiger partial charge in [-0.1, -0.05) is 0 Å². The summed E-state index contributed by atoms with van der Waals surface area (Å²) in [6, 6.07) is 0. The van der Waals surface area contributed by atoms with Crippen LogP contribution < -0.4 is 0 Å². The molecule has 1 rings (SSSR count). The summed E-state index contributed by atoms with van der Waals surface area (Å²) in [6.45, 7) is 5.13. The van der Waals surface area contributed by atoms with E-state index < -0.39 is 67.2 Å². The average molecular weight is 390 g/mol. The van der Waals surface area contributed by atoms with Gasteiger partial charge in [0.25, 0.3) is 0 Å². The van der Waals surface area contributed by atoms with Gasteiger partial charge in [-0.05, 0) is 0 Å². The van der Waals surface area contributed by atoms with Crippen molar-refractivity contribution in [1.29, 1.82) is 0 Å². The molecule has 0 bridgehead atoms. The van der Waals surface area contributed by atoms with Crippen LogP contribution in [0.5, 0.6) is 0 Å². The lowest BCUT2D eigenvalue weighted by Crippen LogP contribution is -2.63. The van der Waals surface area contributed by atoms with Crippen molar-refractivity contribution in [3.63, 3.8) is 0 Å². The number of ether oxygens (including phenoxy) is 6.